The van der Waals surface area contributed by atoms with Crippen LogP contribution in [-0.4, -0.2) is 17.4 Å². The summed E-state index contributed by atoms with van der Waals surface area (Å²) in [4.78, 5) is 25.2. The molecule has 2 aliphatic carbocycles. The van der Waals surface area contributed by atoms with Gasteiger partial charge in [0, 0.05) is 12.3 Å². The Labute approximate surface area is 134 Å². The molecule has 0 heterocycles. The molecule has 0 unspecified atom stereocenters. The van der Waals surface area contributed by atoms with E-state index in [1.165, 1.54) is 0 Å². The van der Waals surface area contributed by atoms with Crippen LogP contribution < -0.4 is 0 Å². The first-order valence-corrected chi connectivity index (χ1v) is 8.46. The molecule has 0 aromatic rings. The zero-order valence-corrected chi connectivity index (χ0v) is 14.7. The van der Waals surface area contributed by atoms with Gasteiger partial charge in [-0.3, -0.25) is 9.59 Å². The van der Waals surface area contributed by atoms with Crippen LogP contribution in [0.15, 0.2) is 12.2 Å². The second-order valence-corrected chi connectivity index (χ2v) is 8.51. The molecule has 2 saturated carbocycles. The first-order valence-electron chi connectivity index (χ1n) is 8.46. The molecule has 22 heavy (non-hydrogen) atoms. The maximum atomic E-state index is 12.7. The summed E-state index contributed by atoms with van der Waals surface area (Å²) in [6.07, 6.45) is 4.69. The fourth-order valence-corrected chi connectivity index (χ4v) is 4.53. The van der Waals surface area contributed by atoms with Gasteiger partial charge in [0.05, 0.1) is 5.92 Å². The number of Topliss-reactive ketones (excluding diaryl/α,β-unsaturated/α-hetero) is 1. The topological polar surface area (TPSA) is 43.4 Å². The lowest BCUT2D eigenvalue weighted by Crippen LogP contribution is -2.41. The first kappa shape index (κ1) is 17.2. The summed E-state index contributed by atoms with van der Waals surface area (Å²) in [5, 5.41) is 0. The number of ketones is 1. The van der Waals surface area contributed by atoms with E-state index in [0.29, 0.717) is 12.2 Å². The Kier molecular flexibility index (Phi) is 4.56. The summed E-state index contributed by atoms with van der Waals surface area (Å²) in [6.45, 7) is 13.8. The quantitative estimate of drug-likeness (QED) is 0.576. The van der Waals surface area contributed by atoms with E-state index in [9.17, 15) is 9.59 Å². The fraction of sp³-hybridized carbons (Fsp3) is 0.789. The van der Waals surface area contributed by atoms with E-state index in [-0.39, 0.29) is 29.1 Å². The molecule has 0 bridgehead atoms. The van der Waals surface area contributed by atoms with Crippen molar-refractivity contribution in [3.05, 3.63) is 12.2 Å². The smallest absolute Gasteiger partial charge is 0.313 e. The summed E-state index contributed by atoms with van der Waals surface area (Å²) in [6, 6.07) is 0. The molecule has 2 fully saturated rings. The highest BCUT2D eigenvalue weighted by Crippen LogP contribution is 2.56. The van der Waals surface area contributed by atoms with Gasteiger partial charge < -0.3 is 4.74 Å². The second-order valence-electron chi connectivity index (χ2n) is 8.51. The van der Waals surface area contributed by atoms with Gasteiger partial charge in [-0.2, -0.15) is 0 Å². The SMILES string of the molecule is C=C(C)[C@H](C(=O)OC(C)(C)C)[C@H]1CC[C@]2(C)CCCC(=O)[C@H]12. The highest BCUT2D eigenvalue weighted by molar-refractivity contribution is 5.85. The normalized spacial score (nSPS) is 33.2. The molecule has 2 aliphatic rings. The van der Waals surface area contributed by atoms with Gasteiger partial charge >= 0.3 is 5.97 Å². The van der Waals surface area contributed by atoms with Crippen LogP contribution in [-0.2, 0) is 14.3 Å². The molecule has 0 aromatic carbocycles. The molecule has 0 saturated heterocycles. The predicted molar refractivity (Wildman–Crippen MR) is 87.3 cm³/mol. The molecule has 0 N–H and O–H groups in total. The minimum absolute atomic E-state index is 0.00420. The van der Waals surface area contributed by atoms with Crippen molar-refractivity contribution in [1.82, 2.24) is 0 Å². The van der Waals surface area contributed by atoms with Crippen LogP contribution in [0.5, 0.6) is 0 Å². The van der Waals surface area contributed by atoms with E-state index >= 15 is 0 Å². The Bertz CT molecular complexity index is 485. The summed E-state index contributed by atoms with van der Waals surface area (Å²) in [7, 11) is 0. The summed E-state index contributed by atoms with van der Waals surface area (Å²) in [5.41, 5.74) is 0.376. The lowest BCUT2D eigenvalue weighted by atomic mass is 9.64. The molecule has 0 aromatic heterocycles. The van der Waals surface area contributed by atoms with E-state index in [1.54, 1.807) is 0 Å². The number of fused-ring (bicyclic) bond motifs is 1. The zero-order valence-electron chi connectivity index (χ0n) is 14.7. The van der Waals surface area contributed by atoms with Crippen LogP contribution in [0, 0.1) is 23.2 Å². The van der Waals surface area contributed by atoms with Crippen molar-refractivity contribution >= 4 is 11.8 Å². The molecule has 0 spiro atoms. The number of carbonyl (C=O) groups excluding carboxylic acids is 2. The third-order valence-electron chi connectivity index (χ3n) is 5.37. The number of ether oxygens (including phenoxy) is 1. The lowest BCUT2D eigenvalue weighted by Gasteiger charge is -2.39. The molecule has 3 nitrogen and oxygen atoms in total. The highest BCUT2D eigenvalue weighted by Gasteiger charge is 2.54. The van der Waals surface area contributed by atoms with Crippen LogP contribution in [0.1, 0.15) is 66.7 Å². The first-order chi connectivity index (χ1) is 10.1. The van der Waals surface area contributed by atoms with Crippen LogP contribution in [0.2, 0.25) is 0 Å². The van der Waals surface area contributed by atoms with Gasteiger partial charge in [0.25, 0.3) is 0 Å². The van der Waals surface area contributed by atoms with Crippen LogP contribution in [0.25, 0.3) is 0 Å². The van der Waals surface area contributed by atoms with E-state index in [1.807, 2.05) is 27.7 Å². The van der Waals surface area contributed by atoms with Crippen molar-refractivity contribution in [2.75, 3.05) is 0 Å². The van der Waals surface area contributed by atoms with Crippen molar-refractivity contribution in [1.29, 1.82) is 0 Å². The maximum Gasteiger partial charge on any atom is 0.313 e. The summed E-state index contributed by atoms with van der Waals surface area (Å²) in [5.74, 6) is -0.174. The van der Waals surface area contributed by atoms with E-state index in [2.05, 4.69) is 13.5 Å². The minimum atomic E-state index is -0.511. The molecule has 0 radical (unpaired) electrons. The Balaban J connectivity index is 2.28. The summed E-state index contributed by atoms with van der Waals surface area (Å²) >= 11 is 0. The van der Waals surface area contributed by atoms with Gasteiger partial charge in [-0.05, 0) is 64.7 Å². The zero-order chi connectivity index (χ0) is 16.7. The number of esters is 1. The van der Waals surface area contributed by atoms with Gasteiger partial charge in [0.2, 0.25) is 0 Å². The molecular weight excluding hydrogens is 276 g/mol. The standard InChI is InChI=1S/C19H30O3/c1-12(2)15(17(21)22-18(3,4)5)13-9-11-19(6)10-7-8-14(20)16(13)19/h13,15-16H,1,7-11H2,2-6H3/t13-,15+,16+,19+/m1/s1. The number of hydrogen-bond acceptors (Lipinski definition) is 3. The maximum absolute atomic E-state index is 12.7. The molecule has 124 valence electrons. The monoisotopic (exact) mass is 306 g/mol. The fourth-order valence-electron chi connectivity index (χ4n) is 4.53. The largest absolute Gasteiger partial charge is 0.460 e. The van der Waals surface area contributed by atoms with E-state index in [0.717, 1.165) is 31.3 Å². The van der Waals surface area contributed by atoms with Gasteiger partial charge in [-0.25, -0.2) is 0 Å². The average molecular weight is 306 g/mol. The van der Waals surface area contributed by atoms with Crippen molar-refractivity contribution in [3.8, 4) is 0 Å². The number of carbonyl (C=O) groups is 2. The average Bonchev–Trinajstić information content (AvgIpc) is 2.65. The van der Waals surface area contributed by atoms with Gasteiger partial charge in [-0.1, -0.05) is 19.1 Å². The van der Waals surface area contributed by atoms with Gasteiger partial charge in [0.1, 0.15) is 11.4 Å². The third-order valence-corrected chi connectivity index (χ3v) is 5.37. The van der Waals surface area contributed by atoms with Crippen molar-refractivity contribution in [2.45, 2.75) is 72.3 Å². The van der Waals surface area contributed by atoms with Crippen LogP contribution >= 0.6 is 0 Å². The second kappa shape index (κ2) is 5.82. The van der Waals surface area contributed by atoms with Crippen LogP contribution in [0.4, 0.5) is 0 Å². The third kappa shape index (κ3) is 3.28. The molecular formula is C19H30O3. The Morgan fingerprint density at radius 3 is 2.55 bits per heavy atom. The molecule has 0 aliphatic heterocycles. The number of hydrogen-bond donors (Lipinski definition) is 0. The van der Waals surface area contributed by atoms with Gasteiger partial charge in [-0.15, -0.1) is 0 Å². The van der Waals surface area contributed by atoms with Crippen molar-refractivity contribution in [3.63, 3.8) is 0 Å². The van der Waals surface area contributed by atoms with E-state index in [4.69, 9.17) is 4.74 Å². The Morgan fingerprint density at radius 2 is 2.00 bits per heavy atom. The molecule has 4 atom stereocenters. The highest BCUT2D eigenvalue weighted by atomic mass is 16.6. The lowest BCUT2D eigenvalue weighted by molar-refractivity contribution is -0.161. The summed E-state index contributed by atoms with van der Waals surface area (Å²) < 4.78 is 5.61. The van der Waals surface area contributed by atoms with Gasteiger partial charge in [0.15, 0.2) is 0 Å². The minimum Gasteiger partial charge on any atom is -0.460 e. The molecule has 0 amide bonds. The van der Waals surface area contributed by atoms with Crippen LogP contribution in [0.3, 0.4) is 0 Å². The Hall–Kier alpha value is -1.12. The molecule has 3 heteroatoms. The van der Waals surface area contributed by atoms with E-state index < -0.39 is 5.60 Å². The predicted octanol–water partition coefficient (Wildman–Crippen LogP) is 4.31. The number of rotatable bonds is 3. The molecule has 2 rings (SSSR count). The Morgan fingerprint density at radius 1 is 1.36 bits per heavy atom. The van der Waals surface area contributed by atoms with Crippen molar-refractivity contribution < 1.29 is 14.3 Å². The van der Waals surface area contributed by atoms with Crippen molar-refractivity contribution in [2.24, 2.45) is 23.2 Å².